The van der Waals surface area contributed by atoms with Gasteiger partial charge in [0.2, 0.25) is 0 Å². The molecule has 2 aliphatic heterocycles. The molecule has 2 heteroatoms. The number of likely N-dealkylation sites (tertiary alicyclic amines) is 1. The molecule has 98 valence electrons. The number of nitrogens with zero attached hydrogens (tertiary/aromatic N) is 1. The second kappa shape index (κ2) is 5.71. The van der Waals surface area contributed by atoms with Crippen LogP contribution in [0.3, 0.4) is 0 Å². The predicted octanol–water partition coefficient (Wildman–Crippen LogP) is 2.78. The molecule has 3 fully saturated rings. The van der Waals surface area contributed by atoms with Crippen molar-refractivity contribution in [3.8, 4) is 0 Å². The van der Waals surface area contributed by atoms with E-state index in [1.54, 1.807) is 0 Å². The van der Waals surface area contributed by atoms with Crippen LogP contribution in [-0.4, -0.2) is 36.6 Å². The Morgan fingerprint density at radius 3 is 2.47 bits per heavy atom. The Morgan fingerprint density at radius 2 is 1.71 bits per heavy atom. The van der Waals surface area contributed by atoms with E-state index in [1.807, 2.05) is 0 Å². The molecule has 0 aromatic carbocycles. The molecule has 3 rings (SSSR count). The molecule has 17 heavy (non-hydrogen) atoms. The molecule has 1 N–H and O–H groups in total. The van der Waals surface area contributed by atoms with Gasteiger partial charge in [-0.25, -0.2) is 0 Å². The molecule has 2 unspecified atom stereocenters. The lowest BCUT2D eigenvalue weighted by atomic mass is 9.95. The van der Waals surface area contributed by atoms with Gasteiger partial charge in [0.25, 0.3) is 0 Å². The minimum atomic E-state index is 0.797. The summed E-state index contributed by atoms with van der Waals surface area (Å²) < 4.78 is 0. The molecule has 0 radical (unpaired) electrons. The van der Waals surface area contributed by atoms with Crippen molar-refractivity contribution in [3.05, 3.63) is 0 Å². The second-order valence-electron chi connectivity index (χ2n) is 6.40. The third-order valence-corrected chi connectivity index (χ3v) is 5.23. The van der Waals surface area contributed by atoms with Crippen molar-refractivity contribution >= 4 is 0 Å². The van der Waals surface area contributed by atoms with E-state index in [0.717, 1.165) is 18.0 Å². The molecule has 2 saturated heterocycles. The van der Waals surface area contributed by atoms with Crippen LogP contribution in [0.5, 0.6) is 0 Å². The van der Waals surface area contributed by atoms with E-state index in [9.17, 15) is 0 Å². The minimum Gasteiger partial charge on any atom is -0.313 e. The third-order valence-electron chi connectivity index (χ3n) is 5.23. The van der Waals surface area contributed by atoms with Crippen molar-refractivity contribution < 1.29 is 0 Å². The van der Waals surface area contributed by atoms with Gasteiger partial charge in [-0.3, -0.25) is 4.90 Å². The van der Waals surface area contributed by atoms with Crippen LogP contribution in [0, 0.1) is 5.92 Å². The summed E-state index contributed by atoms with van der Waals surface area (Å²) in [5, 5.41) is 3.72. The monoisotopic (exact) mass is 236 g/mol. The fraction of sp³-hybridized carbons (Fsp3) is 1.00. The van der Waals surface area contributed by atoms with Gasteiger partial charge in [0, 0.05) is 18.6 Å². The van der Waals surface area contributed by atoms with Gasteiger partial charge in [0.15, 0.2) is 0 Å². The smallest absolute Gasteiger partial charge is 0.0195 e. The lowest BCUT2D eigenvalue weighted by Gasteiger charge is -2.34. The molecule has 1 saturated carbocycles. The molecular formula is C15H28N2. The molecule has 0 spiro atoms. The van der Waals surface area contributed by atoms with E-state index in [4.69, 9.17) is 0 Å². The highest BCUT2D eigenvalue weighted by molar-refractivity contribution is 4.89. The maximum absolute atomic E-state index is 3.72. The Kier molecular flexibility index (Phi) is 4.02. The Hall–Kier alpha value is -0.0800. The lowest BCUT2D eigenvalue weighted by molar-refractivity contribution is 0.164. The Balaban J connectivity index is 1.53. The van der Waals surface area contributed by atoms with Crippen molar-refractivity contribution in [2.24, 2.45) is 5.92 Å². The number of nitrogens with one attached hydrogen (secondary N) is 1. The zero-order chi connectivity index (χ0) is 11.5. The van der Waals surface area contributed by atoms with Crippen molar-refractivity contribution in [1.82, 2.24) is 10.2 Å². The third kappa shape index (κ3) is 2.85. The quantitative estimate of drug-likeness (QED) is 0.810. The largest absolute Gasteiger partial charge is 0.313 e. The van der Waals surface area contributed by atoms with Crippen LogP contribution in [0.25, 0.3) is 0 Å². The average Bonchev–Trinajstić information content (AvgIpc) is 3.00. The van der Waals surface area contributed by atoms with Crippen LogP contribution in [-0.2, 0) is 0 Å². The number of rotatable bonds is 3. The van der Waals surface area contributed by atoms with E-state index in [0.29, 0.717) is 0 Å². The number of piperidine rings is 1. The van der Waals surface area contributed by atoms with Crippen LogP contribution >= 0.6 is 0 Å². The average molecular weight is 236 g/mol. The fourth-order valence-corrected chi connectivity index (χ4v) is 4.32. The topological polar surface area (TPSA) is 15.3 Å². The number of hydrogen-bond acceptors (Lipinski definition) is 2. The summed E-state index contributed by atoms with van der Waals surface area (Å²) in [6, 6.07) is 1.74. The summed E-state index contributed by atoms with van der Waals surface area (Å²) >= 11 is 0. The summed E-state index contributed by atoms with van der Waals surface area (Å²) in [6.07, 6.45) is 13.2. The van der Waals surface area contributed by atoms with E-state index in [2.05, 4.69) is 10.2 Å². The van der Waals surface area contributed by atoms with Gasteiger partial charge < -0.3 is 5.32 Å². The molecule has 3 aliphatic rings. The predicted molar refractivity (Wildman–Crippen MR) is 72.2 cm³/mol. The first kappa shape index (κ1) is 12.0. The zero-order valence-corrected chi connectivity index (χ0v) is 11.2. The molecule has 0 aromatic heterocycles. The van der Waals surface area contributed by atoms with Gasteiger partial charge in [-0.15, -0.1) is 0 Å². The SMILES string of the molecule is C1CCC(CN2CCCC2C2CCCC2)NC1. The van der Waals surface area contributed by atoms with Gasteiger partial charge in [-0.05, 0) is 57.5 Å². The summed E-state index contributed by atoms with van der Waals surface area (Å²) in [5.41, 5.74) is 0. The second-order valence-corrected chi connectivity index (χ2v) is 6.40. The lowest BCUT2D eigenvalue weighted by Crippen LogP contribution is -2.46. The van der Waals surface area contributed by atoms with Crippen LogP contribution in [0.2, 0.25) is 0 Å². The van der Waals surface area contributed by atoms with Gasteiger partial charge in [-0.2, -0.15) is 0 Å². The maximum atomic E-state index is 3.72. The van der Waals surface area contributed by atoms with Gasteiger partial charge in [-0.1, -0.05) is 19.3 Å². The Morgan fingerprint density at radius 1 is 0.882 bits per heavy atom. The van der Waals surface area contributed by atoms with Crippen molar-refractivity contribution in [2.75, 3.05) is 19.6 Å². The summed E-state index contributed by atoms with van der Waals surface area (Å²) in [6.45, 7) is 3.97. The summed E-state index contributed by atoms with van der Waals surface area (Å²) in [4.78, 5) is 2.83. The Bertz CT molecular complexity index is 229. The minimum absolute atomic E-state index is 0.797. The first-order valence-corrected chi connectivity index (χ1v) is 7.91. The van der Waals surface area contributed by atoms with Crippen LogP contribution in [0.15, 0.2) is 0 Å². The van der Waals surface area contributed by atoms with Crippen LogP contribution < -0.4 is 5.32 Å². The molecule has 2 heterocycles. The van der Waals surface area contributed by atoms with Crippen molar-refractivity contribution in [1.29, 1.82) is 0 Å². The maximum Gasteiger partial charge on any atom is 0.0195 e. The zero-order valence-electron chi connectivity index (χ0n) is 11.2. The fourth-order valence-electron chi connectivity index (χ4n) is 4.32. The Labute approximate surface area is 106 Å². The molecule has 2 atom stereocenters. The summed E-state index contributed by atoms with van der Waals surface area (Å²) in [7, 11) is 0. The highest BCUT2D eigenvalue weighted by Gasteiger charge is 2.34. The molecule has 2 nitrogen and oxygen atoms in total. The molecule has 0 amide bonds. The van der Waals surface area contributed by atoms with Crippen LogP contribution in [0.1, 0.15) is 57.8 Å². The van der Waals surface area contributed by atoms with E-state index >= 15 is 0 Å². The molecular weight excluding hydrogens is 208 g/mol. The van der Waals surface area contributed by atoms with E-state index < -0.39 is 0 Å². The van der Waals surface area contributed by atoms with Gasteiger partial charge in [0.05, 0.1) is 0 Å². The van der Waals surface area contributed by atoms with Gasteiger partial charge in [0.1, 0.15) is 0 Å². The normalized spacial score (nSPS) is 36.7. The van der Waals surface area contributed by atoms with Gasteiger partial charge >= 0.3 is 0 Å². The number of hydrogen-bond donors (Lipinski definition) is 1. The highest BCUT2D eigenvalue weighted by Crippen LogP contribution is 2.35. The molecule has 0 aromatic rings. The standard InChI is InChI=1S/C15H28N2/c1-2-7-13(6-1)15-9-5-11-17(15)12-14-8-3-4-10-16-14/h13-16H,1-12H2. The van der Waals surface area contributed by atoms with Crippen molar-refractivity contribution in [3.63, 3.8) is 0 Å². The van der Waals surface area contributed by atoms with E-state index in [1.165, 1.54) is 77.4 Å². The first-order valence-electron chi connectivity index (χ1n) is 7.91. The molecule has 0 bridgehead atoms. The van der Waals surface area contributed by atoms with Crippen LogP contribution in [0.4, 0.5) is 0 Å². The first-order chi connectivity index (χ1) is 8.43. The summed E-state index contributed by atoms with van der Waals surface area (Å²) in [5.74, 6) is 1.04. The van der Waals surface area contributed by atoms with E-state index in [-0.39, 0.29) is 0 Å². The van der Waals surface area contributed by atoms with Crippen molar-refractivity contribution in [2.45, 2.75) is 69.9 Å². The highest BCUT2D eigenvalue weighted by atomic mass is 15.2. The molecule has 1 aliphatic carbocycles.